The summed E-state index contributed by atoms with van der Waals surface area (Å²) in [5.74, 6) is 4.21. The van der Waals surface area contributed by atoms with Gasteiger partial charge in [0, 0.05) is 29.2 Å². The van der Waals surface area contributed by atoms with E-state index in [0.717, 1.165) is 65.7 Å². The number of rotatable bonds is 11. The van der Waals surface area contributed by atoms with Gasteiger partial charge in [0.05, 0.1) is 18.7 Å². The summed E-state index contributed by atoms with van der Waals surface area (Å²) in [4.78, 5) is 20.2. The minimum atomic E-state index is -2.51. The van der Waals surface area contributed by atoms with Crippen LogP contribution in [0.4, 0.5) is 4.79 Å². The molecule has 0 saturated carbocycles. The van der Waals surface area contributed by atoms with Gasteiger partial charge in [-0.15, -0.1) is 33.2 Å². The predicted octanol–water partition coefficient (Wildman–Crippen LogP) is 7.69. The summed E-state index contributed by atoms with van der Waals surface area (Å²) in [5, 5.41) is 3.95. The van der Waals surface area contributed by atoms with Crippen LogP contribution in [0.25, 0.3) is 10.9 Å². The fourth-order valence-corrected chi connectivity index (χ4v) is 8.91. The normalized spacial score (nSPS) is 24.0. The van der Waals surface area contributed by atoms with Crippen molar-refractivity contribution in [3.8, 4) is 5.75 Å². The van der Waals surface area contributed by atoms with Crippen LogP contribution < -0.4 is 10.1 Å². The number of hydrogen-bond donors (Lipinski definition) is 1. The molecule has 1 aromatic heterocycles. The predicted molar refractivity (Wildman–Crippen MR) is 167 cm³/mol. The first-order valence-corrected chi connectivity index (χ1v) is 20.1. The number of carbonyl (C=O) groups is 1. The van der Waals surface area contributed by atoms with Crippen molar-refractivity contribution in [1.29, 1.82) is 0 Å². The smallest absolute Gasteiger partial charge is 0.408 e. The van der Waals surface area contributed by atoms with Gasteiger partial charge in [-0.3, -0.25) is 9.88 Å². The Morgan fingerprint density at radius 1 is 1.26 bits per heavy atom. The largest absolute Gasteiger partial charge is 0.497 e. The van der Waals surface area contributed by atoms with Crippen molar-refractivity contribution in [2.24, 2.45) is 11.8 Å². The number of nitrogens with zero attached hydrogens (tertiary/aromatic N) is 2. The monoisotopic (exact) mass is 631 g/mol. The van der Waals surface area contributed by atoms with Gasteiger partial charge in [0.1, 0.15) is 11.9 Å². The van der Waals surface area contributed by atoms with E-state index >= 15 is 0 Å². The number of aromatic nitrogens is 1. The number of thioether (sulfide) groups is 1. The Morgan fingerprint density at radius 3 is 2.72 bits per heavy atom. The lowest BCUT2D eigenvalue weighted by Gasteiger charge is -2.52. The number of piperidine rings is 3. The first kappa shape index (κ1) is 31.0. The summed E-state index contributed by atoms with van der Waals surface area (Å²) in [7, 11) is 1.66. The maximum absolute atomic E-state index is 13.1. The lowest BCUT2D eigenvalue weighted by atomic mass is 9.72. The zero-order chi connectivity index (χ0) is 28.2. The highest BCUT2D eigenvalue weighted by molar-refractivity contribution is 7.99. The van der Waals surface area contributed by atoms with Crippen LogP contribution in [0.5, 0.6) is 5.75 Å². The molecule has 1 unspecified atom stereocenters. The third-order valence-electron chi connectivity index (χ3n) is 7.67. The summed E-state index contributed by atoms with van der Waals surface area (Å²) >= 11 is 20.0. The van der Waals surface area contributed by atoms with Crippen LogP contribution in [0.1, 0.15) is 58.1 Å². The van der Waals surface area contributed by atoms with Crippen molar-refractivity contribution in [2.45, 2.75) is 70.2 Å². The zero-order valence-electron chi connectivity index (χ0n) is 23.2. The molecule has 2 aromatic rings. The van der Waals surface area contributed by atoms with Gasteiger partial charge in [-0.1, -0.05) is 0 Å². The molecule has 4 heterocycles. The molecule has 5 rings (SSSR count). The topological polar surface area (TPSA) is 63.7 Å². The Morgan fingerprint density at radius 2 is 2.05 bits per heavy atom. The molecule has 2 bridgehead atoms. The quantitative estimate of drug-likeness (QED) is 0.156. The Hall–Kier alpha value is -0.903. The molecular formula is C28H40Cl3N3O3SSi. The fourth-order valence-electron chi connectivity index (χ4n) is 5.86. The maximum Gasteiger partial charge on any atom is 0.408 e. The molecular weight excluding hydrogens is 593 g/mol. The molecule has 3 aliphatic rings. The van der Waals surface area contributed by atoms with Crippen LogP contribution in [0, 0.1) is 11.8 Å². The lowest BCUT2D eigenvalue weighted by molar-refractivity contribution is -0.0609. The lowest BCUT2D eigenvalue weighted by Crippen LogP contribution is -2.56. The number of ether oxygens (including phenoxy) is 2. The van der Waals surface area contributed by atoms with Gasteiger partial charge < -0.3 is 14.8 Å². The van der Waals surface area contributed by atoms with E-state index in [0.29, 0.717) is 11.8 Å². The van der Waals surface area contributed by atoms with Crippen LogP contribution in [0.15, 0.2) is 30.5 Å². The Balaban J connectivity index is 1.49. The van der Waals surface area contributed by atoms with Crippen molar-refractivity contribution in [2.75, 3.05) is 31.7 Å². The summed E-state index contributed by atoms with van der Waals surface area (Å²) in [5.41, 5.74) is 1.45. The van der Waals surface area contributed by atoms with E-state index < -0.39 is 18.2 Å². The highest BCUT2D eigenvalue weighted by Crippen LogP contribution is 2.44. The number of nitrogens with one attached hydrogen (secondary N) is 1. The third kappa shape index (κ3) is 8.79. The second kappa shape index (κ2) is 13.4. The Kier molecular flexibility index (Phi) is 10.7. The molecule has 216 valence electrons. The number of halogens is 3. The molecule has 3 saturated heterocycles. The molecule has 0 radical (unpaired) electrons. The molecule has 1 aromatic carbocycles. The minimum Gasteiger partial charge on any atom is -0.497 e. The Bertz CT molecular complexity index is 1130. The number of fused-ring (bicyclic) bond motifs is 4. The van der Waals surface area contributed by atoms with E-state index in [9.17, 15) is 4.79 Å². The average molecular weight is 633 g/mol. The van der Waals surface area contributed by atoms with E-state index in [2.05, 4.69) is 15.2 Å². The summed E-state index contributed by atoms with van der Waals surface area (Å²) in [6, 6.07) is 6.20. The second-order valence-corrected chi connectivity index (χ2v) is 22.2. The number of alkyl carbamates (subject to hydrolysis) is 1. The van der Waals surface area contributed by atoms with Crippen molar-refractivity contribution in [3.05, 3.63) is 36.0 Å². The van der Waals surface area contributed by atoms with Crippen LogP contribution in [0.3, 0.4) is 0 Å². The van der Waals surface area contributed by atoms with Crippen LogP contribution in [-0.2, 0) is 4.74 Å². The van der Waals surface area contributed by atoms with E-state index in [1.165, 1.54) is 12.8 Å². The molecule has 3 fully saturated rings. The number of amides is 1. The first-order valence-electron chi connectivity index (χ1n) is 13.7. The second-order valence-electron chi connectivity index (χ2n) is 11.7. The van der Waals surface area contributed by atoms with Crippen molar-refractivity contribution in [3.63, 3.8) is 0 Å². The van der Waals surface area contributed by atoms with Crippen LogP contribution >= 0.6 is 45.0 Å². The number of benzene rings is 1. The summed E-state index contributed by atoms with van der Waals surface area (Å²) in [6.45, 7) is 7.95. The molecule has 5 atom stereocenters. The van der Waals surface area contributed by atoms with Gasteiger partial charge in [-0.25, -0.2) is 4.79 Å². The van der Waals surface area contributed by atoms with Crippen molar-refractivity contribution >= 4 is 68.0 Å². The number of hydrogen-bond acceptors (Lipinski definition) is 6. The number of pyridine rings is 1. The van der Waals surface area contributed by atoms with Crippen molar-refractivity contribution < 1.29 is 14.3 Å². The SMILES string of the molecule is COc1ccc2nccc([C@H](OC(=O)NC(C)(C)C)[C@H]3C[C@@H]4CCN3C[C@@H]4CCSCCC[Si](Cl)(Cl)Cl)c2c1. The van der Waals surface area contributed by atoms with Gasteiger partial charge in [-0.05, 0) is 107 Å². The molecule has 0 aliphatic carbocycles. The van der Waals surface area contributed by atoms with Gasteiger partial charge in [0.15, 0.2) is 0 Å². The van der Waals surface area contributed by atoms with E-state index in [4.69, 9.17) is 42.7 Å². The van der Waals surface area contributed by atoms with Gasteiger partial charge in [-0.2, -0.15) is 11.8 Å². The van der Waals surface area contributed by atoms with Crippen LogP contribution in [-0.4, -0.2) is 65.3 Å². The average Bonchev–Trinajstić information content (AvgIpc) is 2.87. The summed E-state index contributed by atoms with van der Waals surface area (Å²) in [6.07, 6.45) is 5.36. The number of methoxy groups -OCH3 is 1. The van der Waals surface area contributed by atoms with Crippen LogP contribution in [0.2, 0.25) is 6.04 Å². The standard InChI is InChI=1S/C28H40Cl3N3O3SSi/c1-28(2,3)33-27(35)37-26(22-8-11-32-24-7-6-21(36-4)17-23(22)24)25-16-19-9-12-34(25)18-20(19)10-14-38-13-5-15-39(29,30)31/h6-8,11,17,19-20,25-26H,5,9-10,12-16,18H2,1-4H3,(H,33,35)/t19-,20-,25+,26-/m0/s1. The maximum atomic E-state index is 13.1. The van der Waals surface area contributed by atoms with Crippen molar-refractivity contribution in [1.82, 2.24) is 15.2 Å². The molecule has 39 heavy (non-hydrogen) atoms. The van der Waals surface area contributed by atoms with Gasteiger partial charge in [0.25, 0.3) is 0 Å². The van der Waals surface area contributed by atoms with E-state index in [1.807, 2.05) is 63.0 Å². The third-order valence-corrected chi connectivity index (χ3v) is 11.4. The molecule has 3 aliphatic heterocycles. The highest BCUT2D eigenvalue weighted by Gasteiger charge is 2.45. The Labute approximate surface area is 251 Å². The molecule has 6 nitrogen and oxygen atoms in total. The summed E-state index contributed by atoms with van der Waals surface area (Å²) < 4.78 is 11.8. The van der Waals surface area contributed by atoms with E-state index in [-0.39, 0.29) is 11.6 Å². The minimum absolute atomic E-state index is 0.115. The fraction of sp³-hybridized carbons (Fsp3) is 0.643. The highest BCUT2D eigenvalue weighted by atomic mass is 35.8. The van der Waals surface area contributed by atoms with Gasteiger partial charge in [0.2, 0.25) is 0 Å². The van der Waals surface area contributed by atoms with Gasteiger partial charge >= 0.3 is 12.1 Å². The van der Waals surface area contributed by atoms with E-state index in [1.54, 1.807) is 7.11 Å². The first-order chi connectivity index (χ1) is 18.4. The number of carbonyl (C=O) groups excluding carboxylic acids is 1. The molecule has 0 spiro atoms. The zero-order valence-corrected chi connectivity index (χ0v) is 27.3. The molecule has 1 amide bonds. The molecule has 11 heteroatoms. The molecule has 1 N–H and O–H groups in total.